The Morgan fingerprint density at radius 1 is 1.55 bits per heavy atom. The van der Waals surface area contributed by atoms with E-state index in [4.69, 9.17) is 4.74 Å². The summed E-state index contributed by atoms with van der Waals surface area (Å²) in [6.07, 6.45) is 0. The second-order valence-corrected chi connectivity index (χ2v) is 4.89. The molecule has 0 spiro atoms. The van der Waals surface area contributed by atoms with Gasteiger partial charge >= 0.3 is 0 Å². The fourth-order valence-corrected chi connectivity index (χ4v) is 2.50. The highest BCUT2D eigenvalue weighted by Crippen LogP contribution is 2.16. The summed E-state index contributed by atoms with van der Waals surface area (Å²) in [5, 5.41) is 6.01. The number of benzene rings is 1. The molecule has 1 atom stereocenters. The maximum absolute atomic E-state index is 11.9. The van der Waals surface area contributed by atoms with E-state index in [1.54, 1.807) is 7.05 Å². The minimum atomic E-state index is -0.107. The highest BCUT2D eigenvalue weighted by Gasteiger charge is 2.27. The number of rotatable bonds is 5. The molecule has 1 unspecified atom stereocenters. The topological polar surface area (TPSA) is 53.6 Å². The van der Waals surface area contributed by atoms with Crippen molar-refractivity contribution in [1.29, 1.82) is 0 Å². The van der Waals surface area contributed by atoms with Gasteiger partial charge in [0.1, 0.15) is 11.8 Å². The van der Waals surface area contributed by atoms with Gasteiger partial charge in [0.25, 0.3) is 0 Å². The van der Waals surface area contributed by atoms with Crippen molar-refractivity contribution >= 4 is 5.91 Å². The van der Waals surface area contributed by atoms with E-state index in [2.05, 4.69) is 21.6 Å². The number of hydrogen-bond donors (Lipinski definition) is 2. The van der Waals surface area contributed by atoms with Crippen molar-refractivity contribution in [3.05, 3.63) is 29.8 Å². The first-order valence-corrected chi connectivity index (χ1v) is 7.12. The zero-order valence-electron chi connectivity index (χ0n) is 12.2. The Balaban J connectivity index is 2.06. The van der Waals surface area contributed by atoms with Crippen LogP contribution in [0.5, 0.6) is 5.75 Å². The molecule has 1 aliphatic rings. The highest BCUT2D eigenvalue weighted by atomic mass is 16.5. The van der Waals surface area contributed by atoms with Crippen LogP contribution in [0.25, 0.3) is 0 Å². The Morgan fingerprint density at radius 2 is 2.40 bits per heavy atom. The maximum Gasteiger partial charge on any atom is 0.238 e. The Hall–Kier alpha value is -1.59. The van der Waals surface area contributed by atoms with Crippen LogP contribution in [0.1, 0.15) is 12.5 Å². The molecule has 1 aromatic carbocycles. The van der Waals surface area contributed by atoms with Gasteiger partial charge in [-0.25, -0.2) is 0 Å². The molecule has 0 bridgehead atoms. The van der Waals surface area contributed by atoms with Gasteiger partial charge < -0.3 is 15.4 Å². The molecule has 1 fully saturated rings. The molecule has 1 amide bonds. The van der Waals surface area contributed by atoms with E-state index in [0.29, 0.717) is 13.2 Å². The minimum Gasteiger partial charge on any atom is -0.494 e. The van der Waals surface area contributed by atoms with Crippen LogP contribution >= 0.6 is 0 Å². The number of nitrogens with zero attached hydrogens (tertiary/aromatic N) is 1. The molecule has 5 heteroatoms. The third-order valence-corrected chi connectivity index (χ3v) is 3.50. The number of carbonyl (C=O) groups excluding carboxylic acids is 1. The van der Waals surface area contributed by atoms with Gasteiger partial charge in [0, 0.05) is 33.2 Å². The summed E-state index contributed by atoms with van der Waals surface area (Å²) in [4.78, 5) is 14.1. The molecular formula is C15H23N3O2. The molecule has 0 aromatic heterocycles. The van der Waals surface area contributed by atoms with Crippen LogP contribution in [0.3, 0.4) is 0 Å². The van der Waals surface area contributed by atoms with E-state index < -0.39 is 0 Å². The molecule has 1 aliphatic heterocycles. The van der Waals surface area contributed by atoms with Crippen molar-refractivity contribution in [3.8, 4) is 5.75 Å². The molecule has 1 heterocycles. The van der Waals surface area contributed by atoms with Crippen LogP contribution < -0.4 is 15.4 Å². The first-order chi connectivity index (χ1) is 9.74. The molecule has 0 saturated carbocycles. The fourth-order valence-electron chi connectivity index (χ4n) is 2.50. The average molecular weight is 277 g/mol. The molecule has 5 nitrogen and oxygen atoms in total. The standard InChI is InChI=1S/C15H23N3O2/c1-3-20-13-6-4-5-12(9-13)11-18-8-7-17-10-14(18)15(19)16-2/h4-6,9,14,17H,3,7-8,10-11H2,1-2H3,(H,16,19). The normalized spacial score (nSPS) is 19.6. The lowest BCUT2D eigenvalue weighted by Gasteiger charge is -2.34. The van der Waals surface area contributed by atoms with Crippen molar-refractivity contribution in [1.82, 2.24) is 15.5 Å². The number of hydrogen-bond acceptors (Lipinski definition) is 4. The molecule has 1 aromatic rings. The van der Waals surface area contributed by atoms with Crippen LogP contribution in [-0.4, -0.2) is 50.1 Å². The van der Waals surface area contributed by atoms with E-state index in [9.17, 15) is 4.79 Å². The first kappa shape index (κ1) is 14.8. The summed E-state index contributed by atoms with van der Waals surface area (Å²) in [7, 11) is 1.69. The zero-order chi connectivity index (χ0) is 14.4. The molecule has 110 valence electrons. The molecule has 0 radical (unpaired) electrons. The third-order valence-electron chi connectivity index (χ3n) is 3.50. The Morgan fingerprint density at radius 3 is 3.15 bits per heavy atom. The van der Waals surface area contributed by atoms with E-state index in [-0.39, 0.29) is 11.9 Å². The molecular weight excluding hydrogens is 254 g/mol. The Bertz CT molecular complexity index is 450. The second-order valence-electron chi connectivity index (χ2n) is 4.89. The van der Waals surface area contributed by atoms with Gasteiger partial charge in [-0.2, -0.15) is 0 Å². The van der Waals surface area contributed by atoms with Gasteiger partial charge in [0.15, 0.2) is 0 Å². The number of nitrogens with one attached hydrogen (secondary N) is 2. The van der Waals surface area contributed by atoms with Gasteiger partial charge in [-0.1, -0.05) is 12.1 Å². The second kappa shape index (κ2) is 7.26. The SMILES string of the molecule is CCOc1cccc(CN2CCNCC2C(=O)NC)c1. The lowest BCUT2D eigenvalue weighted by Crippen LogP contribution is -2.56. The van der Waals surface area contributed by atoms with Crippen LogP contribution in [0.15, 0.2) is 24.3 Å². The van der Waals surface area contributed by atoms with Crippen molar-refractivity contribution in [2.45, 2.75) is 19.5 Å². The predicted octanol–water partition coefficient (Wildman–Crippen LogP) is 0.605. The highest BCUT2D eigenvalue weighted by molar-refractivity contribution is 5.81. The van der Waals surface area contributed by atoms with E-state index >= 15 is 0 Å². The lowest BCUT2D eigenvalue weighted by molar-refractivity contribution is -0.126. The van der Waals surface area contributed by atoms with Crippen LogP contribution in [-0.2, 0) is 11.3 Å². The fraction of sp³-hybridized carbons (Fsp3) is 0.533. The van der Waals surface area contributed by atoms with Crippen LogP contribution in [0.2, 0.25) is 0 Å². The minimum absolute atomic E-state index is 0.0677. The number of amides is 1. The molecule has 20 heavy (non-hydrogen) atoms. The first-order valence-electron chi connectivity index (χ1n) is 7.12. The van der Waals surface area contributed by atoms with Gasteiger partial charge in [0.2, 0.25) is 5.91 Å². The van der Waals surface area contributed by atoms with Gasteiger partial charge in [-0.15, -0.1) is 0 Å². The molecule has 0 aliphatic carbocycles. The smallest absolute Gasteiger partial charge is 0.238 e. The Kier molecular flexibility index (Phi) is 5.38. The molecule has 2 N–H and O–H groups in total. The third kappa shape index (κ3) is 3.71. The van der Waals surface area contributed by atoms with Gasteiger partial charge in [-0.05, 0) is 24.6 Å². The lowest BCUT2D eigenvalue weighted by atomic mass is 10.1. The van der Waals surface area contributed by atoms with E-state index in [1.165, 1.54) is 5.56 Å². The predicted molar refractivity (Wildman–Crippen MR) is 78.7 cm³/mol. The summed E-state index contributed by atoms with van der Waals surface area (Å²) in [6.45, 7) is 5.89. The largest absolute Gasteiger partial charge is 0.494 e. The van der Waals surface area contributed by atoms with Crippen molar-refractivity contribution < 1.29 is 9.53 Å². The van der Waals surface area contributed by atoms with Crippen molar-refractivity contribution in [3.63, 3.8) is 0 Å². The van der Waals surface area contributed by atoms with E-state index in [1.807, 2.05) is 25.1 Å². The number of piperazine rings is 1. The van der Waals surface area contributed by atoms with Gasteiger partial charge in [-0.3, -0.25) is 9.69 Å². The Labute approximate surface area is 120 Å². The average Bonchev–Trinajstić information content (AvgIpc) is 2.48. The number of carbonyl (C=O) groups is 1. The van der Waals surface area contributed by atoms with Crippen LogP contribution in [0, 0.1) is 0 Å². The number of likely N-dealkylation sites (N-methyl/N-ethyl adjacent to an activating group) is 1. The van der Waals surface area contributed by atoms with Crippen molar-refractivity contribution in [2.24, 2.45) is 0 Å². The van der Waals surface area contributed by atoms with E-state index in [0.717, 1.165) is 25.4 Å². The molecule has 2 rings (SSSR count). The summed E-state index contributed by atoms with van der Waals surface area (Å²) in [6, 6.07) is 7.97. The van der Waals surface area contributed by atoms with Gasteiger partial charge in [0.05, 0.1) is 6.61 Å². The monoisotopic (exact) mass is 277 g/mol. The maximum atomic E-state index is 11.9. The summed E-state index contributed by atoms with van der Waals surface area (Å²) < 4.78 is 5.52. The zero-order valence-corrected chi connectivity index (χ0v) is 12.2. The quantitative estimate of drug-likeness (QED) is 0.828. The molecule has 1 saturated heterocycles. The van der Waals surface area contributed by atoms with Crippen molar-refractivity contribution in [2.75, 3.05) is 33.3 Å². The van der Waals surface area contributed by atoms with Crippen LogP contribution in [0.4, 0.5) is 0 Å². The number of ether oxygens (including phenoxy) is 1. The summed E-state index contributed by atoms with van der Waals surface area (Å²) in [5.74, 6) is 0.954. The summed E-state index contributed by atoms with van der Waals surface area (Å²) in [5.41, 5.74) is 1.17. The summed E-state index contributed by atoms with van der Waals surface area (Å²) >= 11 is 0.